The number of nitrogens with one attached hydrogen (secondary N) is 1. The van der Waals surface area contributed by atoms with Crippen LogP contribution in [0.3, 0.4) is 0 Å². The Morgan fingerprint density at radius 2 is 1.74 bits per heavy atom. The number of benzene rings is 4. The predicted octanol–water partition coefficient (Wildman–Crippen LogP) is 8.03. The van der Waals surface area contributed by atoms with Gasteiger partial charge in [0.05, 0.1) is 29.6 Å². The van der Waals surface area contributed by atoms with Gasteiger partial charge in [0.15, 0.2) is 11.5 Å². The van der Waals surface area contributed by atoms with Gasteiger partial charge in [-0.05, 0) is 60.9 Å². The highest BCUT2D eigenvalue weighted by molar-refractivity contribution is 6.30. The molecule has 0 saturated heterocycles. The summed E-state index contributed by atoms with van der Waals surface area (Å²) in [6.45, 7) is 6.63. The Balaban J connectivity index is 1.40. The van der Waals surface area contributed by atoms with Gasteiger partial charge in [0.25, 0.3) is 5.91 Å². The number of ether oxygens (including phenoxy) is 2. The van der Waals surface area contributed by atoms with E-state index in [0.717, 1.165) is 33.2 Å². The molecule has 0 bridgehead atoms. The van der Waals surface area contributed by atoms with Crippen molar-refractivity contribution in [1.29, 1.82) is 0 Å². The Bertz CT molecular complexity index is 1740. The van der Waals surface area contributed by atoms with Crippen LogP contribution in [0.4, 0.5) is 0 Å². The van der Waals surface area contributed by atoms with Gasteiger partial charge < -0.3 is 9.47 Å². The number of hydrogen-bond acceptors (Lipinski definition) is 5. The number of halogens is 1. The minimum Gasteiger partial charge on any atom is -0.490 e. The molecule has 1 amide bonds. The van der Waals surface area contributed by atoms with E-state index in [1.807, 2.05) is 104 Å². The predicted molar refractivity (Wildman–Crippen MR) is 170 cm³/mol. The number of carbonyl (C=O) groups is 1. The van der Waals surface area contributed by atoms with E-state index < -0.39 is 0 Å². The maximum absolute atomic E-state index is 13.3. The van der Waals surface area contributed by atoms with Crippen LogP contribution in [0.25, 0.3) is 22.2 Å². The summed E-state index contributed by atoms with van der Waals surface area (Å²) in [5.41, 5.74) is 8.18. The molecule has 0 radical (unpaired) electrons. The molecule has 0 saturated carbocycles. The molecule has 1 N–H and O–H groups in total. The first-order chi connectivity index (χ1) is 20.6. The van der Waals surface area contributed by atoms with Gasteiger partial charge in [-0.1, -0.05) is 78.3 Å². The fraction of sp³-hybridized carbons (Fsp3) is 0.114. The van der Waals surface area contributed by atoms with Gasteiger partial charge in [0, 0.05) is 21.5 Å². The third-order valence-corrected chi connectivity index (χ3v) is 6.78. The van der Waals surface area contributed by atoms with E-state index in [-0.39, 0.29) is 5.91 Å². The largest absolute Gasteiger partial charge is 0.490 e. The lowest BCUT2D eigenvalue weighted by atomic mass is 10.0. The lowest BCUT2D eigenvalue weighted by molar-refractivity contribution is 0.0956. The van der Waals surface area contributed by atoms with Crippen molar-refractivity contribution >= 4 is 34.6 Å². The molecule has 1 aromatic heterocycles. The maximum Gasteiger partial charge on any atom is 0.272 e. The van der Waals surface area contributed by atoms with Crippen LogP contribution < -0.4 is 14.9 Å². The molecule has 0 aliphatic rings. The summed E-state index contributed by atoms with van der Waals surface area (Å²) in [5, 5.41) is 5.70. The van der Waals surface area contributed by atoms with Crippen LogP contribution in [0.2, 0.25) is 5.02 Å². The van der Waals surface area contributed by atoms with Crippen LogP contribution in [0, 0.1) is 0 Å². The molecule has 0 fully saturated rings. The third-order valence-electron chi connectivity index (χ3n) is 6.52. The SMILES string of the molecule is C=CCc1cc(/C=N/NC(=O)c2cc(-c3ccccc3)nc3ccccc23)cc(OCC)c1OCc1ccc(Cl)cc1. The third kappa shape index (κ3) is 6.85. The number of carbonyl (C=O) groups excluding carboxylic acids is 1. The van der Waals surface area contributed by atoms with Gasteiger partial charge in [0.1, 0.15) is 6.61 Å². The molecule has 6 nitrogen and oxygen atoms in total. The minimum atomic E-state index is -0.332. The molecular weight excluding hydrogens is 546 g/mol. The normalized spacial score (nSPS) is 11.0. The van der Waals surface area contributed by atoms with Crippen molar-refractivity contribution < 1.29 is 14.3 Å². The summed E-state index contributed by atoms with van der Waals surface area (Å²) in [7, 11) is 0. The molecule has 0 aliphatic carbocycles. The first kappa shape index (κ1) is 28.6. The van der Waals surface area contributed by atoms with Gasteiger partial charge in [-0.3, -0.25) is 4.79 Å². The topological polar surface area (TPSA) is 72.8 Å². The van der Waals surface area contributed by atoms with Gasteiger partial charge in [-0.2, -0.15) is 5.10 Å². The van der Waals surface area contributed by atoms with Crippen molar-refractivity contribution in [1.82, 2.24) is 10.4 Å². The van der Waals surface area contributed by atoms with E-state index in [4.69, 9.17) is 26.1 Å². The highest BCUT2D eigenvalue weighted by atomic mass is 35.5. The average Bonchev–Trinajstić information content (AvgIpc) is 3.01. The van der Waals surface area contributed by atoms with Crippen molar-refractivity contribution in [2.24, 2.45) is 5.10 Å². The molecule has 5 aromatic rings. The second-order valence-corrected chi connectivity index (χ2v) is 9.92. The molecule has 0 spiro atoms. The molecule has 1 heterocycles. The summed E-state index contributed by atoms with van der Waals surface area (Å²) in [6, 6.07) is 30.5. The zero-order chi connectivity index (χ0) is 29.3. The Kier molecular flexibility index (Phi) is 9.27. The van der Waals surface area contributed by atoms with Crippen molar-refractivity contribution in [2.45, 2.75) is 20.0 Å². The number of aromatic nitrogens is 1. The molecule has 210 valence electrons. The lowest BCUT2D eigenvalue weighted by Crippen LogP contribution is -2.18. The second-order valence-electron chi connectivity index (χ2n) is 9.49. The van der Waals surface area contributed by atoms with Crippen molar-refractivity contribution in [2.75, 3.05) is 6.61 Å². The van der Waals surface area contributed by atoms with E-state index >= 15 is 0 Å². The monoisotopic (exact) mass is 575 g/mol. The molecular formula is C35H30ClN3O3. The van der Waals surface area contributed by atoms with Gasteiger partial charge in [-0.15, -0.1) is 6.58 Å². The van der Waals surface area contributed by atoms with Crippen LogP contribution in [0.15, 0.2) is 115 Å². The molecule has 5 rings (SSSR count). The van der Waals surface area contributed by atoms with Gasteiger partial charge in [-0.25, -0.2) is 10.4 Å². The number of rotatable bonds is 11. The molecule has 4 aromatic carbocycles. The number of hydrogen-bond donors (Lipinski definition) is 1. The van der Waals surface area contributed by atoms with E-state index in [0.29, 0.717) is 47.4 Å². The summed E-state index contributed by atoms with van der Waals surface area (Å²) >= 11 is 6.02. The van der Waals surface area contributed by atoms with Crippen LogP contribution >= 0.6 is 11.6 Å². The quantitative estimate of drug-likeness (QED) is 0.0983. The summed E-state index contributed by atoms with van der Waals surface area (Å²) in [5.74, 6) is 0.900. The molecule has 7 heteroatoms. The standard InChI is InChI=1S/C35H30ClN3O3/c1-3-10-27-19-25(20-33(41-4-2)34(27)42-23-24-15-17-28(36)18-16-24)22-37-39-35(40)30-21-32(26-11-6-5-7-12-26)38-31-14-9-8-13-29(30)31/h3,5-9,11-22H,1,4,10,23H2,2H3,(H,39,40)/b37-22+. The molecule has 42 heavy (non-hydrogen) atoms. The smallest absolute Gasteiger partial charge is 0.272 e. The number of fused-ring (bicyclic) bond motifs is 1. The van der Waals surface area contributed by atoms with E-state index in [9.17, 15) is 4.79 Å². The zero-order valence-corrected chi connectivity index (χ0v) is 24.0. The molecule has 0 atom stereocenters. The Morgan fingerprint density at radius 3 is 2.50 bits per heavy atom. The first-order valence-corrected chi connectivity index (χ1v) is 14.0. The summed E-state index contributed by atoms with van der Waals surface area (Å²) in [6.07, 6.45) is 3.97. The highest BCUT2D eigenvalue weighted by Gasteiger charge is 2.15. The van der Waals surface area contributed by atoms with E-state index in [2.05, 4.69) is 17.1 Å². The van der Waals surface area contributed by atoms with Crippen LogP contribution in [-0.2, 0) is 13.0 Å². The molecule has 0 unspecified atom stereocenters. The van der Waals surface area contributed by atoms with Gasteiger partial charge in [0.2, 0.25) is 0 Å². The van der Waals surface area contributed by atoms with Crippen molar-refractivity contribution in [3.63, 3.8) is 0 Å². The minimum absolute atomic E-state index is 0.332. The van der Waals surface area contributed by atoms with Crippen LogP contribution in [0.1, 0.15) is 34.0 Å². The number of pyridine rings is 1. The zero-order valence-electron chi connectivity index (χ0n) is 23.2. The number of allylic oxidation sites excluding steroid dienone is 1. The Hall–Kier alpha value is -4.94. The van der Waals surface area contributed by atoms with Crippen LogP contribution in [0.5, 0.6) is 11.5 Å². The van der Waals surface area contributed by atoms with Crippen molar-refractivity contribution in [3.8, 4) is 22.8 Å². The number of hydrazone groups is 1. The first-order valence-electron chi connectivity index (χ1n) is 13.6. The number of para-hydroxylation sites is 1. The average molecular weight is 576 g/mol. The highest BCUT2D eigenvalue weighted by Crippen LogP contribution is 2.34. The maximum atomic E-state index is 13.3. The molecule has 0 aliphatic heterocycles. The van der Waals surface area contributed by atoms with E-state index in [1.54, 1.807) is 12.3 Å². The van der Waals surface area contributed by atoms with Gasteiger partial charge >= 0.3 is 0 Å². The number of nitrogens with zero attached hydrogens (tertiary/aromatic N) is 2. The van der Waals surface area contributed by atoms with Crippen LogP contribution in [-0.4, -0.2) is 23.7 Å². The second kappa shape index (κ2) is 13.6. The Labute approximate surface area is 250 Å². The Morgan fingerprint density at radius 1 is 0.976 bits per heavy atom. The fourth-order valence-corrected chi connectivity index (χ4v) is 4.70. The number of amides is 1. The summed E-state index contributed by atoms with van der Waals surface area (Å²) < 4.78 is 12.1. The lowest BCUT2D eigenvalue weighted by Gasteiger charge is -2.17. The van der Waals surface area contributed by atoms with E-state index in [1.165, 1.54) is 0 Å². The fourth-order valence-electron chi connectivity index (χ4n) is 4.57. The summed E-state index contributed by atoms with van der Waals surface area (Å²) in [4.78, 5) is 18.1. The van der Waals surface area contributed by atoms with Crippen molar-refractivity contribution in [3.05, 3.63) is 137 Å².